The van der Waals surface area contributed by atoms with Crippen molar-refractivity contribution in [1.29, 1.82) is 0 Å². The lowest BCUT2D eigenvalue weighted by Crippen LogP contribution is -2.17. The van der Waals surface area contributed by atoms with Gasteiger partial charge in [0.15, 0.2) is 5.69 Å². The fourth-order valence-corrected chi connectivity index (χ4v) is 4.26. The molecule has 9 nitrogen and oxygen atoms in total. The van der Waals surface area contributed by atoms with E-state index in [1.54, 1.807) is 6.92 Å². The van der Waals surface area contributed by atoms with Crippen molar-refractivity contribution in [3.63, 3.8) is 0 Å². The summed E-state index contributed by atoms with van der Waals surface area (Å²) >= 11 is 3.56. The summed E-state index contributed by atoms with van der Waals surface area (Å²) in [6.45, 7) is 14.1. The lowest BCUT2D eigenvalue weighted by Gasteiger charge is -2.10. The molecule has 0 atom stereocenters. The number of carbonyl (C=O) groups is 1. The summed E-state index contributed by atoms with van der Waals surface area (Å²) in [4.78, 5) is 13.2. The van der Waals surface area contributed by atoms with Crippen LogP contribution in [-0.4, -0.2) is 30.6 Å². The smallest absolute Gasteiger partial charge is 0.278 e. The van der Waals surface area contributed by atoms with E-state index < -0.39 is 0 Å². The van der Waals surface area contributed by atoms with Crippen molar-refractivity contribution in [2.75, 3.05) is 5.32 Å². The molecule has 1 amide bonds. The van der Waals surface area contributed by atoms with Gasteiger partial charge in [-0.2, -0.15) is 10.2 Å². The highest BCUT2D eigenvalue weighted by molar-refractivity contribution is 9.10. The highest BCUT2D eigenvalue weighted by Gasteiger charge is 2.23. The lowest BCUT2D eigenvalue weighted by atomic mass is 10.1. The second-order valence-corrected chi connectivity index (χ2v) is 9.54. The number of rotatable bonds is 7. The molecular formula is C25H29BrN6O3. The molecule has 0 aliphatic heterocycles. The predicted molar refractivity (Wildman–Crippen MR) is 136 cm³/mol. The molecule has 0 unspecified atom stereocenters. The van der Waals surface area contributed by atoms with E-state index in [0.29, 0.717) is 29.4 Å². The maximum Gasteiger partial charge on any atom is 0.278 e. The third-order valence-corrected chi connectivity index (χ3v) is 7.23. The van der Waals surface area contributed by atoms with Crippen LogP contribution in [0.3, 0.4) is 0 Å². The lowest BCUT2D eigenvalue weighted by molar-refractivity contribution is 0.101. The molecule has 0 aliphatic rings. The number of ether oxygens (including phenoxy) is 1. The summed E-state index contributed by atoms with van der Waals surface area (Å²) in [5.41, 5.74) is 7.06. The van der Waals surface area contributed by atoms with Crippen molar-refractivity contribution >= 4 is 27.5 Å². The third-order valence-electron chi connectivity index (χ3n) is 6.08. The van der Waals surface area contributed by atoms with Crippen molar-refractivity contribution in [1.82, 2.24) is 24.7 Å². The molecule has 0 aliphatic carbocycles. The maximum absolute atomic E-state index is 13.2. The standard InChI is InChI=1S/C25H29BrN6O3/c1-13-8-9-21(14(2)10-13)34-11-20-19(7)35-30-24(20)25(33)27-23-16(4)29-32(18(23)6)12-31-17(5)22(26)15(3)28-31/h8-10H,11-12H2,1-7H3,(H,27,33). The van der Waals surface area contributed by atoms with Gasteiger partial charge in [-0.25, -0.2) is 9.36 Å². The Morgan fingerprint density at radius 1 is 1.03 bits per heavy atom. The number of nitrogens with one attached hydrogen (secondary N) is 1. The second kappa shape index (κ2) is 9.69. The molecule has 0 saturated carbocycles. The van der Waals surface area contributed by atoms with Gasteiger partial charge in [0.1, 0.15) is 24.8 Å². The predicted octanol–water partition coefficient (Wildman–Crippen LogP) is 5.33. The molecule has 0 spiro atoms. The van der Waals surface area contributed by atoms with Gasteiger partial charge in [0, 0.05) is 0 Å². The van der Waals surface area contributed by atoms with Gasteiger partial charge in [-0.1, -0.05) is 22.9 Å². The Balaban J connectivity index is 1.53. The Morgan fingerprint density at radius 3 is 2.37 bits per heavy atom. The summed E-state index contributed by atoms with van der Waals surface area (Å²) in [6, 6.07) is 5.97. The largest absolute Gasteiger partial charge is 0.488 e. The first-order valence-corrected chi connectivity index (χ1v) is 12.1. The zero-order valence-corrected chi connectivity index (χ0v) is 22.6. The average molecular weight is 541 g/mol. The first kappa shape index (κ1) is 24.7. The van der Waals surface area contributed by atoms with Crippen LogP contribution in [0.1, 0.15) is 55.7 Å². The van der Waals surface area contributed by atoms with Crippen LogP contribution in [0.4, 0.5) is 5.69 Å². The van der Waals surface area contributed by atoms with E-state index in [1.807, 2.05) is 63.0 Å². The minimum Gasteiger partial charge on any atom is -0.488 e. The molecular weight excluding hydrogens is 512 g/mol. The Morgan fingerprint density at radius 2 is 1.71 bits per heavy atom. The quantitative estimate of drug-likeness (QED) is 0.340. The molecule has 184 valence electrons. The van der Waals surface area contributed by atoms with Gasteiger partial charge >= 0.3 is 0 Å². The summed E-state index contributed by atoms with van der Waals surface area (Å²) < 4.78 is 16.0. The molecule has 35 heavy (non-hydrogen) atoms. The monoisotopic (exact) mass is 540 g/mol. The summed E-state index contributed by atoms with van der Waals surface area (Å²) in [7, 11) is 0. The molecule has 3 heterocycles. The summed E-state index contributed by atoms with van der Waals surface area (Å²) in [5, 5.41) is 16.1. The van der Waals surface area contributed by atoms with Gasteiger partial charge in [0.25, 0.3) is 5.91 Å². The van der Waals surface area contributed by atoms with Crippen molar-refractivity contribution in [3.8, 4) is 5.75 Å². The van der Waals surface area contributed by atoms with Gasteiger partial charge in [0.05, 0.1) is 38.5 Å². The number of carbonyl (C=O) groups excluding carboxylic acids is 1. The Hall–Kier alpha value is -3.40. The molecule has 1 N–H and O–H groups in total. The highest BCUT2D eigenvalue weighted by atomic mass is 79.9. The first-order chi connectivity index (χ1) is 16.6. The molecule has 4 rings (SSSR count). The van der Waals surface area contributed by atoms with Crippen LogP contribution < -0.4 is 10.1 Å². The van der Waals surface area contributed by atoms with E-state index in [1.165, 1.54) is 0 Å². The zero-order valence-electron chi connectivity index (χ0n) is 21.0. The van der Waals surface area contributed by atoms with Crippen LogP contribution in [0, 0.1) is 48.5 Å². The molecule has 0 saturated heterocycles. The number of aromatic nitrogens is 5. The fraction of sp³-hybridized carbons (Fsp3) is 0.360. The number of amides is 1. The van der Waals surface area contributed by atoms with E-state index in [9.17, 15) is 4.79 Å². The van der Waals surface area contributed by atoms with Crippen LogP contribution in [0.25, 0.3) is 0 Å². The molecule has 3 aromatic heterocycles. The average Bonchev–Trinajstić information content (AvgIpc) is 3.38. The minimum absolute atomic E-state index is 0.173. The van der Waals surface area contributed by atoms with E-state index in [-0.39, 0.29) is 18.2 Å². The topological polar surface area (TPSA) is 100 Å². The molecule has 0 radical (unpaired) electrons. The molecule has 4 aromatic rings. The van der Waals surface area contributed by atoms with Gasteiger partial charge in [-0.05, 0) is 76.0 Å². The van der Waals surface area contributed by atoms with Crippen LogP contribution in [0.2, 0.25) is 0 Å². The Labute approximate surface area is 212 Å². The molecule has 0 bridgehead atoms. The van der Waals surface area contributed by atoms with Crippen LogP contribution in [0.15, 0.2) is 27.2 Å². The van der Waals surface area contributed by atoms with Gasteiger partial charge in [-0.3, -0.25) is 4.79 Å². The SMILES string of the molecule is Cc1ccc(OCc2c(C(=O)Nc3c(C)nn(Cn4nc(C)c(Br)c4C)c3C)noc2C)c(C)c1. The number of anilines is 1. The Kier molecular flexibility index (Phi) is 6.84. The van der Waals surface area contributed by atoms with Crippen molar-refractivity contribution in [3.05, 3.63) is 73.6 Å². The Bertz CT molecular complexity index is 1420. The zero-order chi connectivity index (χ0) is 25.4. The number of benzene rings is 1. The summed E-state index contributed by atoms with van der Waals surface area (Å²) in [6.07, 6.45) is 0. The summed E-state index contributed by atoms with van der Waals surface area (Å²) in [5.74, 6) is 0.922. The number of halogens is 1. The van der Waals surface area contributed by atoms with E-state index in [2.05, 4.69) is 42.7 Å². The second-order valence-electron chi connectivity index (χ2n) is 8.75. The van der Waals surface area contributed by atoms with Gasteiger partial charge in [-0.15, -0.1) is 0 Å². The fourth-order valence-electron chi connectivity index (χ4n) is 3.98. The normalized spacial score (nSPS) is 11.2. The van der Waals surface area contributed by atoms with Gasteiger partial charge < -0.3 is 14.6 Å². The van der Waals surface area contributed by atoms with Crippen molar-refractivity contribution in [2.24, 2.45) is 0 Å². The van der Waals surface area contributed by atoms with Crippen LogP contribution >= 0.6 is 15.9 Å². The number of hydrogen-bond acceptors (Lipinski definition) is 6. The van der Waals surface area contributed by atoms with Crippen molar-refractivity contribution < 1.29 is 14.1 Å². The molecule has 1 aromatic carbocycles. The third kappa shape index (κ3) is 4.88. The highest BCUT2D eigenvalue weighted by Crippen LogP contribution is 2.25. The van der Waals surface area contributed by atoms with Crippen molar-refractivity contribution in [2.45, 2.75) is 61.7 Å². The van der Waals surface area contributed by atoms with E-state index in [4.69, 9.17) is 9.26 Å². The van der Waals surface area contributed by atoms with E-state index >= 15 is 0 Å². The van der Waals surface area contributed by atoms with Crippen LogP contribution in [-0.2, 0) is 13.3 Å². The van der Waals surface area contributed by atoms with Crippen LogP contribution in [0.5, 0.6) is 5.75 Å². The number of hydrogen-bond donors (Lipinski definition) is 1. The number of aryl methyl sites for hydroxylation is 5. The van der Waals surface area contributed by atoms with E-state index in [0.717, 1.165) is 38.4 Å². The number of nitrogens with zero attached hydrogens (tertiary/aromatic N) is 5. The first-order valence-electron chi connectivity index (χ1n) is 11.3. The molecule has 0 fully saturated rings. The molecule has 10 heteroatoms. The van der Waals surface area contributed by atoms with Gasteiger partial charge in [0.2, 0.25) is 0 Å². The maximum atomic E-state index is 13.2. The minimum atomic E-state index is -0.374.